The standard InChI is InChI=1S/C8H16N2O3S/c1-6(14(2,11)12)8(10-9)7-4-3-5-13-7/h4,6,8,10H,3,5,9H2,1-2H3. The Balaban J connectivity index is 2.81. The van der Waals surface area contributed by atoms with E-state index in [-0.39, 0.29) is 0 Å². The Morgan fingerprint density at radius 2 is 2.29 bits per heavy atom. The average Bonchev–Trinajstić information content (AvgIpc) is 2.57. The highest BCUT2D eigenvalue weighted by molar-refractivity contribution is 7.91. The van der Waals surface area contributed by atoms with Gasteiger partial charge in [0.2, 0.25) is 0 Å². The zero-order valence-electron chi connectivity index (χ0n) is 8.36. The van der Waals surface area contributed by atoms with Gasteiger partial charge in [-0.05, 0) is 13.0 Å². The van der Waals surface area contributed by atoms with E-state index in [1.54, 1.807) is 6.92 Å². The van der Waals surface area contributed by atoms with E-state index < -0.39 is 21.1 Å². The number of nitrogens with two attached hydrogens (primary N) is 1. The number of hydrazine groups is 1. The first-order chi connectivity index (χ1) is 6.46. The Bertz CT molecular complexity index is 323. The predicted octanol–water partition coefficient (Wildman–Crippen LogP) is -0.444. The minimum Gasteiger partial charge on any atom is -0.496 e. The molecule has 0 radical (unpaired) electrons. The molecule has 0 aromatic rings. The van der Waals surface area contributed by atoms with Crippen LogP contribution in [0.2, 0.25) is 0 Å². The van der Waals surface area contributed by atoms with Crippen molar-refractivity contribution >= 4 is 9.84 Å². The summed E-state index contributed by atoms with van der Waals surface area (Å²) in [7, 11) is -3.11. The van der Waals surface area contributed by atoms with Crippen molar-refractivity contribution in [1.82, 2.24) is 5.43 Å². The van der Waals surface area contributed by atoms with Gasteiger partial charge in [0.1, 0.15) is 5.76 Å². The number of rotatable bonds is 4. The third-order valence-corrected chi connectivity index (χ3v) is 3.99. The Kier molecular flexibility index (Phi) is 3.52. The normalized spacial score (nSPS) is 21.2. The molecule has 2 unspecified atom stereocenters. The van der Waals surface area contributed by atoms with E-state index in [9.17, 15) is 8.42 Å². The van der Waals surface area contributed by atoms with Crippen LogP contribution in [0.5, 0.6) is 0 Å². The second kappa shape index (κ2) is 4.29. The van der Waals surface area contributed by atoms with Crippen LogP contribution in [0.25, 0.3) is 0 Å². The summed E-state index contributed by atoms with van der Waals surface area (Å²) in [4.78, 5) is 0. The lowest BCUT2D eigenvalue weighted by Gasteiger charge is -2.22. The van der Waals surface area contributed by atoms with Gasteiger partial charge in [0.05, 0.1) is 17.9 Å². The monoisotopic (exact) mass is 220 g/mol. The fraction of sp³-hybridized carbons (Fsp3) is 0.750. The largest absolute Gasteiger partial charge is 0.496 e. The van der Waals surface area contributed by atoms with Gasteiger partial charge in [-0.15, -0.1) is 0 Å². The molecule has 82 valence electrons. The molecule has 0 bridgehead atoms. The first-order valence-corrected chi connectivity index (χ1v) is 6.40. The van der Waals surface area contributed by atoms with Crippen LogP contribution in [0.15, 0.2) is 11.8 Å². The van der Waals surface area contributed by atoms with Crippen molar-refractivity contribution in [2.75, 3.05) is 12.9 Å². The zero-order chi connectivity index (χ0) is 10.8. The summed E-state index contributed by atoms with van der Waals surface area (Å²) in [5.41, 5.74) is 2.48. The molecule has 0 aromatic carbocycles. The molecule has 0 aromatic heterocycles. The summed E-state index contributed by atoms with van der Waals surface area (Å²) < 4.78 is 27.9. The van der Waals surface area contributed by atoms with Crippen LogP contribution in [0.3, 0.4) is 0 Å². The van der Waals surface area contributed by atoms with Gasteiger partial charge in [-0.3, -0.25) is 5.84 Å². The van der Waals surface area contributed by atoms with Crippen LogP contribution in [-0.2, 0) is 14.6 Å². The molecule has 3 N–H and O–H groups in total. The molecular formula is C8H16N2O3S. The van der Waals surface area contributed by atoms with Gasteiger partial charge in [0.15, 0.2) is 9.84 Å². The third kappa shape index (κ3) is 2.46. The van der Waals surface area contributed by atoms with Crippen LogP contribution in [0, 0.1) is 0 Å². The van der Waals surface area contributed by atoms with Crippen LogP contribution in [0.4, 0.5) is 0 Å². The SMILES string of the molecule is CC(C(NN)C1=CCCO1)S(C)(=O)=O. The minimum atomic E-state index is -3.11. The maximum Gasteiger partial charge on any atom is 0.152 e. The molecule has 1 aliphatic rings. The first-order valence-electron chi connectivity index (χ1n) is 4.44. The van der Waals surface area contributed by atoms with Gasteiger partial charge in [-0.2, -0.15) is 0 Å². The summed E-state index contributed by atoms with van der Waals surface area (Å²) in [6, 6.07) is -0.451. The summed E-state index contributed by atoms with van der Waals surface area (Å²) in [6.45, 7) is 2.21. The van der Waals surface area contributed by atoms with E-state index in [2.05, 4.69) is 5.43 Å². The first kappa shape index (κ1) is 11.5. The molecule has 5 nitrogen and oxygen atoms in total. The van der Waals surface area contributed by atoms with Gasteiger partial charge >= 0.3 is 0 Å². The lowest BCUT2D eigenvalue weighted by molar-refractivity contribution is 0.214. The van der Waals surface area contributed by atoms with Crippen LogP contribution < -0.4 is 11.3 Å². The van der Waals surface area contributed by atoms with Crippen molar-refractivity contribution in [2.45, 2.75) is 24.6 Å². The van der Waals surface area contributed by atoms with Crippen LogP contribution in [-0.4, -0.2) is 32.6 Å². The molecular weight excluding hydrogens is 204 g/mol. The van der Waals surface area contributed by atoms with E-state index in [1.807, 2.05) is 6.08 Å². The van der Waals surface area contributed by atoms with Gasteiger partial charge in [-0.1, -0.05) is 0 Å². The van der Waals surface area contributed by atoms with E-state index in [0.29, 0.717) is 12.4 Å². The lowest BCUT2D eigenvalue weighted by Crippen LogP contribution is -2.47. The van der Waals surface area contributed by atoms with Crippen molar-refractivity contribution in [3.63, 3.8) is 0 Å². The molecule has 14 heavy (non-hydrogen) atoms. The molecule has 2 atom stereocenters. The van der Waals surface area contributed by atoms with Gasteiger partial charge < -0.3 is 4.74 Å². The van der Waals surface area contributed by atoms with E-state index >= 15 is 0 Å². The smallest absolute Gasteiger partial charge is 0.152 e. The Labute approximate surface area is 84.2 Å². The van der Waals surface area contributed by atoms with Crippen LogP contribution >= 0.6 is 0 Å². The quantitative estimate of drug-likeness (QED) is 0.495. The number of sulfone groups is 1. The average molecular weight is 220 g/mol. The molecule has 0 spiro atoms. The Hall–Kier alpha value is -0.590. The van der Waals surface area contributed by atoms with E-state index in [0.717, 1.165) is 6.42 Å². The van der Waals surface area contributed by atoms with Crippen molar-refractivity contribution in [3.05, 3.63) is 11.8 Å². The summed E-state index contributed by atoms with van der Waals surface area (Å²) >= 11 is 0. The Morgan fingerprint density at radius 3 is 2.64 bits per heavy atom. The number of hydrogen-bond acceptors (Lipinski definition) is 5. The van der Waals surface area contributed by atoms with Crippen molar-refractivity contribution in [2.24, 2.45) is 5.84 Å². The van der Waals surface area contributed by atoms with E-state index in [4.69, 9.17) is 10.6 Å². The van der Waals surface area contributed by atoms with E-state index in [1.165, 1.54) is 6.26 Å². The lowest BCUT2D eigenvalue weighted by atomic mass is 10.2. The van der Waals surface area contributed by atoms with Crippen molar-refractivity contribution in [3.8, 4) is 0 Å². The fourth-order valence-electron chi connectivity index (χ4n) is 1.35. The van der Waals surface area contributed by atoms with Crippen molar-refractivity contribution < 1.29 is 13.2 Å². The van der Waals surface area contributed by atoms with Crippen molar-refractivity contribution in [1.29, 1.82) is 0 Å². The highest BCUT2D eigenvalue weighted by atomic mass is 32.2. The summed E-state index contributed by atoms with van der Waals surface area (Å²) in [5, 5.41) is -0.586. The number of nitrogens with one attached hydrogen (secondary N) is 1. The molecule has 0 saturated heterocycles. The number of hydrogen-bond donors (Lipinski definition) is 2. The molecule has 1 rings (SSSR count). The maximum absolute atomic E-state index is 11.3. The minimum absolute atomic E-state index is 0.451. The molecule has 0 saturated carbocycles. The second-order valence-electron chi connectivity index (χ2n) is 3.42. The second-order valence-corrected chi connectivity index (χ2v) is 5.83. The predicted molar refractivity (Wildman–Crippen MR) is 54.1 cm³/mol. The molecule has 1 heterocycles. The highest BCUT2D eigenvalue weighted by Gasteiger charge is 2.30. The Morgan fingerprint density at radius 1 is 1.64 bits per heavy atom. The summed E-state index contributed by atoms with van der Waals surface area (Å²) in [6.07, 6.45) is 3.87. The molecule has 0 amide bonds. The third-order valence-electron chi connectivity index (χ3n) is 2.36. The van der Waals surface area contributed by atoms with Crippen LogP contribution in [0.1, 0.15) is 13.3 Å². The molecule has 0 aliphatic carbocycles. The fourth-order valence-corrected chi connectivity index (χ4v) is 2.06. The maximum atomic E-state index is 11.3. The van der Waals surface area contributed by atoms with Gasteiger partial charge in [-0.25, -0.2) is 13.8 Å². The zero-order valence-corrected chi connectivity index (χ0v) is 9.17. The molecule has 0 fully saturated rings. The molecule has 6 heteroatoms. The topological polar surface area (TPSA) is 81.4 Å². The highest BCUT2D eigenvalue weighted by Crippen LogP contribution is 2.18. The van der Waals surface area contributed by atoms with Gasteiger partial charge in [0.25, 0.3) is 0 Å². The molecule has 1 aliphatic heterocycles. The number of ether oxygens (including phenoxy) is 1. The summed E-state index contributed by atoms with van der Waals surface area (Å²) in [5.74, 6) is 5.94. The van der Waals surface area contributed by atoms with Gasteiger partial charge in [0, 0.05) is 12.7 Å².